The Hall–Kier alpha value is -3.72. The first-order valence-corrected chi connectivity index (χ1v) is 9.40. The minimum Gasteiger partial charge on any atom is -0.497 e. The summed E-state index contributed by atoms with van der Waals surface area (Å²) in [5, 5.41) is 11.4. The second-order valence-corrected chi connectivity index (χ2v) is 7.11. The molecule has 0 aliphatic carbocycles. The zero-order valence-electron chi connectivity index (χ0n) is 15.3. The molecule has 1 amide bonds. The Morgan fingerprint density at radius 3 is 2.69 bits per heavy atom. The molecule has 4 rings (SSSR count). The molecule has 8 nitrogen and oxygen atoms in total. The number of nitro groups is 1. The van der Waals surface area contributed by atoms with Crippen LogP contribution in [0.5, 0.6) is 5.75 Å². The maximum Gasteiger partial charge on any atom is 0.269 e. The molecule has 0 N–H and O–H groups in total. The van der Waals surface area contributed by atoms with Crippen molar-refractivity contribution in [3.8, 4) is 5.75 Å². The van der Waals surface area contributed by atoms with E-state index in [4.69, 9.17) is 9.15 Å². The van der Waals surface area contributed by atoms with Gasteiger partial charge >= 0.3 is 0 Å². The Bertz CT molecular complexity index is 1170. The van der Waals surface area contributed by atoms with Crippen LogP contribution in [0.2, 0.25) is 0 Å². The lowest BCUT2D eigenvalue weighted by Gasteiger charge is -2.18. The van der Waals surface area contributed by atoms with Crippen LogP contribution in [-0.4, -0.2) is 22.9 Å². The van der Waals surface area contributed by atoms with Gasteiger partial charge in [-0.3, -0.25) is 19.8 Å². The number of methoxy groups -OCH3 is 1. The third-order valence-corrected chi connectivity index (χ3v) is 5.34. The molecule has 0 aliphatic rings. The molecule has 0 fully saturated rings. The summed E-state index contributed by atoms with van der Waals surface area (Å²) in [4.78, 5) is 29.7. The lowest BCUT2D eigenvalue weighted by Crippen LogP contribution is -2.30. The van der Waals surface area contributed by atoms with Gasteiger partial charge in [-0.15, -0.1) is 0 Å². The fourth-order valence-corrected chi connectivity index (χ4v) is 3.75. The summed E-state index contributed by atoms with van der Waals surface area (Å²) in [7, 11) is 1.58. The summed E-state index contributed by atoms with van der Waals surface area (Å²) >= 11 is 1.37. The van der Waals surface area contributed by atoms with Crippen LogP contribution < -0.4 is 9.64 Å². The zero-order valence-corrected chi connectivity index (χ0v) is 16.1. The Morgan fingerprint density at radius 1 is 1.24 bits per heavy atom. The molecule has 2 aromatic heterocycles. The zero-order chi connectivity index (χ0) is 20.4. The number of anilines is 1. The lowest BCUT2D eigenvalue weighted by molar-refractivity contribution is -0.384. The first kappa shape index (κ1) is 18.6. The number of fused-ring (bicyclic) bond motifs is 1. The number of aromatic nitrogens is 1. The van der Waals surface area contributed by atoms with Crippen molar-refractivity contribution in [1.29, 1.82) is 0 Å². The van der Waals surface area contributed by atoms with Crippen molar-refractivity contribution in [2.45, 2.75) is 6.54 Å². The number of nitro benzene ring substituents is 1. The van der Waals surface area contributed by atoms with Gasteiger partial charge in [-0.1, -0.05) is 11.3 Å². The van der Waals surface area contributed by atoms with E-state index in [1.165, 1.54) is 46.8 Å². The van der Waals surface area contributed by atoms with Gasteiger partial charge in [0.1, 0.15) is 11.5 Å². The Balaban J connectivity index is 1.73. The fraction of sp³-hybridized carbons (Fsp3) is 0.100. The molecule has 0 saturated heterocycles. The number of nitrogens with zero attached hydrogens (tertiary/aromatic N) is 3. The van der Waals surface area contributed by atoms with Crippen molar-refractivity contribution < 1.29 is 18.9 Å². The van der Waals surface area contributed by atoms with Crippen LogP contribution in [0, 0.1) is 10.1 Å². The van der Waals surface area contributed by atoms with Crippen LogP contribution in [0.15, 0.2) is 65.3 Å². The van der Waals surface area contributed by atoms with Gasteiger partial charge in [0.25, 0.3) is 11.6 Å². The summed E-state index contributed by atoms with van der Waals surface area (Å²) < 4.78 is 11.5. The van der Waals surface area contributed by atoms with Gasteiger partial charge in [0.2, 0.25) is 0 Å². The van der Waals surface area contributed by atoms with Crippen LogP contribution in [0.3, 0.4) is 0 Å². The molecule has 0 saturated carbocycles. The Kier molecular flexibility index (Phi) is 4.96. The number of hydrogen-bond donors (Lipinski definition) is 0. The highest BCUT2D eigenvalue weighted by Crippen LogP contribution is 2.33. The van der Waals surface area contributed by atoms with Gasteiger partial charge in [0.05, 0.1) is 35.1 Å². The molecule has 0 bridgehead atoms. The number of thiazole rings is 1. The van der Waals surface area contributed by atoms with E-state index in [1.807, 2.05) is 12.1 Å². The van der Waals surface area contributed by atoms with E-state index < -0.39 is 4.92 Å². The molecular formula is C20H15N3O5S. The summed E-state index contributed by atoms with van der Waals surface area (Å²) in [6.07, 6.45) is 1.53. The minimum atomic E-state index is -0.504. The number of amides is 1. The molecule has 29 heavy (non-hydrogen) atoms. The van der Waals surface area contributed by atoms with E-state index in [0.717, 1.165) is 4.70 Å². The van der Waals surface area contributed by atoms with Crippen molar-refractivity contribution in [3.05, 3.63) is 82.3 Å². The van der Waals surface area contributed by atoms with E-state index in [9.17, 15) is 14.9 Å². The molecule has 9 heteroatoms. The number of rotatable bonds is 6. The number of furan rings is 1. The van der Waals surface area contributed by atoms with E-state index in [-0.39, 0.29) is 18.1 Å². The maximum absolute atomic E-state index is 13.2. The number of benzene rings is 2. The van der Waals surface area contributed by atoms with Gasteiger partial charge in [-0.2, -0.15) is 0 Å². The maximum atomic E-state index is 13.2. The first-order valence-electron chi connectivity index (χ1n) is 8.58. The smallest absolute Gasteiger partial charge is 0.269 e. The van der Waals surface area contributed by atoms with Crippen LogP contribution in [-0.2, 0) is 6.54 Å². The van der Waals surface area contributed by atoms with Gasteiger partial charge in [-0.25, -0.2) is 4.98 Å². The summed E-state index contributed by atoms with van der Waals surface area (Å²) in [5.74, 6) is 0.938. The highest BCUT2D eigenvalue weighted by Gasteiger charge is 2.23. The number of carbonyl (C=O) groups excluding carboxylic acids is 1. The standard InChI is InChI=1S/C20H15N3O5S/c1-27-15-8-9-18-17(11-15)21-20(29-18)22(12-16-3-2-10-28-16)19(24)13-4-6-14(7-5-13)23(25)26/h2-11H,12H2,1H3. The highest BCUT2D eigenvalue weighted by molar-refractivity contribution is 7.22. The van der Waals surface area contributed by atoms with Crippen LogP contribution in [0.4, 0.5) is 10.8 Å². The van der Waals surface area contributed by atoms with E-state index in [2.05, 4.69) is 4.98 Å². The SMILES string of the molecule is COc1ccc2sc(N(Cc3ccco3)C(=O)c3ccc([N+](=O)[O-])cc3)nc2c1. The summed E-state index contributed by atoms with van der Waals surface area (Å²) in [6, 6.07) is 14.5. The summed E-state index contributed by atoms with van der Waals surface area (Å²) in [6.45, 7) is 0.180. The molecule has 2 heterocycles. The molecule has 2 aromatic carbocycles. The normalized spacial score (nSPS) is 10.8. The van der Waals surface area contributed by atoms with E-state index in [0.29, 0.717) is 27.7 Å². The van der Waals surface area contributed by atoms with Gasteiger partial charge in [-0.05, 0) is 36.4 Å². The second-order valence-electron chi connectivity index (χ2n) is 6.10. The van der Waals surface area contributed by atoms with Crippen molar-refractivity contribution in [3.63, 3.8) is 0 Å². The molecule has 0 atom stereocenters. The van der Waals surface area contributed by atoms with Crippen LogP contribution in [0.1, 0.15) is 16.1 Å². The molecule has 0 radical (unpaired) electrons. The molecule has 4 aromatic rings. The first-order chi connectivity index (χ1) is 14.0. The van der Waals surface area contributed by atoms with Crippen molar-refractivity contribution >= 4 is 38.3 Å². The van der Waals surface area contributed by atoms with Crippen molar-refractivity contribution in [1.82, 2.24) is 4.98 Å². The molecule has 0 unspecified atom stereocenters. The quantitative estimate of drug-likeness (QED) is 0.339. The summed E-state index contributed by atoms with van der Waals surface area (Å²) in [5.41, 5.74) is 0.954. The fourth-order valence-electron chi connectivity index (χ4n) is 2.80. The number of non-ortho nitro benzene ring substituents is 1. The molecular weight excluding hydrogens is 394 g/mol. The second kappa shape index (κ2) is 7.72. The number of ether oxygens (including phenoxy) is 1. The average molecular weight is 409 g/mol. The largest absolute Gasteiger partial charge is 0.497 e. The van der Waals surface area contributed by atoms with Crippen molar-refractivity contribution in [2.24, 2.45) is 0 Å². The average Bonchev–Trinajstić information content (AvgIpc) is 3.40. The minimum absolute atomic E-state index is 0.0776. The van der Waals surface area contributed by atoms with Crippen molar-refractivity contribution in [2.75, 3.05) is 12.0 Å². The molecule has 0 aliphatic heterocycles. The third-order valence-electron chi connectivity index (χ3n) is 4.28. The predicted octanol–water partition coefficient (Wildman–Crippen LogP) is 4.65. The Morgan fingerprint density at radius 2 is 2.03 bits per heavy atom. The van der Waals surface area contributed by atoms with Crippen LogP contribution >= 0.6 is 11.3 Å². The highest BCUT2D eigenvalue weighted by atomic mass is 32.1. The van der Waals surface area contributed by atoms with E-state index >= 15 is 0 Å². The molecule has 146 valence electrons. The third kappa shape index (κ3) is 3.81. The predicted molar refractivity (Wildman–Crippen MR) is 108 cm³/mol. The monoisotopic (exact) mass is 409 g/mol. The van der Waals surface area contributed by atoms with Gasteiger partial charge in [0, 0.05) is 23.8 Å². The van der Waals surface area contributed by atoms with Crippen LogP contribution in [0.25, 0.3) is 10.2 Å². The van der Waals surface area contributed by atoms with E-state index in [1.54, 1.807) is 25.3 Å². The lowest BCUT2D eigenvalue weighted by atomic mass is 10.2. The number of hydrogen-bond acceptors (Lipinski definition) is 7. The topological polar surface area (TPSA) is 98.7 Å². The number of carbonyl (C=O) groups is 1. The Labute approximate surface area is 169 Å². The van der Waals surface area contributed by atoms with Gasteiger partial charge < -0.3 is 9.15 Å². The molecule has 0 spiro atoms. The van der Waals surface area contributed by atoms with Gasteiger partial charge in [0.15, 0.2) is 5.13 Å².